The van der Waals surface area contributed by atoms with E-state index >= 15 is 0 Å². The summed E-state index contributed by atoms with van der Waals surface area (Å²) in [6.45, 7) is 1.16. The molecule has 1 aliphatic heterocycles. The summed E-state index contributed by atoms with van der Waals surface area (Å²) in [5.74, 6) is 1.48. The van der Waals surface area contributed by atoms with E-state index in [1.165, 1.54) is 6.08 Å². The van der Waals surface area contributed by atoms with Crippen LogP contribution in [0, 0.1) is 0 Å². The maximum atomic E-state index is 12.2. The molecule has 3 rings (SSSR count). The molecule has 2 aromatic carbocycles. The number of rotatable bonds is 8. The molecule has 0 aliphatic carbocycles. The zero-order valence-corrected chi connectivity index (χ0v) is 17.4. The van der Waals surface area contributed by atoms with Gasteiger partial charge in [-0.15, -0.1) is 0 Å². The molecule has 30 heavy (non-hydrogen) atoms. The van der Waals surface area contributed by atoms with Gasteiger partial charge >= 0.3 is 0 Å². The van der Waals surface area contributed by atoms with E-state index in [4.69, 9.17) is 14.2 Å². The molecule has 0 atom stereocenters. The number of benzene rings is 2. The van der Waals surface area contributed by atoms with E-state index in [2.05, 4.69) is 5.32 Å². The summed E-state index contributed by atoms with van der Waals surface area (Å²) in [6.07, 6.45) is 4.64. The molecule has 0 radical (unpaired) electrons. The molecule has 7 heteroatoms. The Bertz CT molecular complexity index is 912. The van der Waals surface area contributed by atoms with Gasteiger partial charge in [-0.05, 0) is 47.9 Å². The first-order chi connectivity index (χ1) is 14.5. The molecule has 2 amide bonds. The zero-order valence-electron chi connectivity index (χ0n) is 17.4. The normalized spacial score (nSPS) is 13.6. The fourth-order valence-corrected chi connectivity index (χ4v) is 3.33. The van der Waals surface area contributed by atoms with Crippen LogP contribution in [-0.2, 0) is 16.1 Å². The summed E-state index contributed by atoms with van der Waals surface area (Å²) in [7, 11) is 4.63. The van der Waals surface area contributed by atoms with Gasteiger partial charge in [0.1, 0.15) is 0 Å². The number of carbonyl (C=O) groups excluding carboxylic acids is 2. The molecule has 1 N–H and O–H groups in total. The number of hydrogen-bond donors (Lipinski definition) is 1. The lowest BCUT2D eigenvalue weighted by molar-refractivity contribution is -0.117. The number of carbonyl (C=O) groups is 2. The van der Waals surface area contributed by atoms with Crippen LogP contribution in [0.2, 0.25) is 0 Å². The Hall–Kier alpha value is -3.48. The van der Waals surface area contributed by atoms with Crippen molar-refractivity contribution < 1.29 is 23.8 Å². The average molecular weight is 410 g/mol. The van der Waals surface area contributed by atoms with E-state index in [-0.39, 0.29) is 11.8 Å². The summed E-state index contributed by atoms with van der Waals surface area (Å²) >= 11 is 0. The van der Waals surface area contributed by atoms with Crippen molar-refractivity contribution >= 4 is 23.6 Å². The van der Waals surface area contributed by atoms with E-state index in [1.807, 2.05) is 24.3 Å². The second kappa shape index (κ2) is 9.82. The fourth-order valence-electron chi connectivity index (χ4n) is 3.33. The van der Waals surface area contributed by atoms with Crippen molar-refractivity contribution in [2.75, 3.05) is 32.8 Å². The first-order valence-corrected chi connectivity index (χ1v) is 9.71. The molecule has 7 nitrogen and oxygen atoms in total. The van der Waals surface area contributed by atoms with Crippen molar-refractivity contribution in [2.24, 2.45) is 0 Å². The Morgan fingerprint density at radius 3 is 2.27 bits per heavy atom. The van der Waals surface area contributed by atoms with Crippen LogP contribution in [0.1, 0.15) is 24.0 Å². The van der Waals surface area contributed by atoms with Crippen molar-refractivity contribution in [2.45, 2.75) is 19.4 Å². The third-order valence-corrected chi connectivity index (χ3v) is 4.90. The number of ether oxygens (including phenoxy) is 3. The molecule has 1 aliphatic rings. The second-order valence-corrected chi connectivity index (χ2v) is 6.83. The van der Waals surface area contributed by atoms with E-state index in [0.29, 0.717) is 30.2 Å². The van der Waals surface area contributed by atoms with E-state index in [1.54, 1.807) is 44.4 Å². The number of nitrogens with one attached hydrogen (secondary N) is 1. The van der Waals surface area contributed by atoms with Crippen LogP contribution in [-0.4, -0.2) is 39.7 Å². The van der Waals surface area contributed by atoms with Crippen molar-refractivity contribution in [3.8, 4) is 17.2 Å². The summed E-state index contributed by atoms with van der Waals surface area (Å²) < 4.78 is 15.9. The van der Waals surface area contributed by atoms with Crippen LogP contribution in [0.3, 0.4) is 0 Å². The van der Waals surface area contributed by atoms with Crippen LogP contribution < -0.4 is 24.4 Å². The van der Waals surface area contributed by atoms with Gasteiger partial charge in [-0.2, -0.15) is 0 Å². The average Bonchev–Trinajstić information content (AvgIpc) is 3.21. The van der Waals surface area contributed by atoms with Gasteiger partial charge < -0.3 is 24.4 Å². The molecule has 0 saturated carbocycles. The van der Waals surface area contributed by atoms with Gasteiger partial charge in [-0.3, -0.25) is 9.59 Å². The summed E-state index contributed by atoms with van der Waals surface area (Å²) in [6, 6.07) is 11.2. The lowest BCUT2D eigenvalue weighted by Gasteiger charge is -2.16. The van der Waals surface area contributed by atoms with Gasteiger partial charge in [0.05, 0.1) is 21.3 Å². The van der Waals surface area contributed by atoms with Crippen LogP contribution in [0.25, 0.3) is 6.08 Å². The van der Waals surface area contributed by atoms with Crippen molar-refractivity contribution in [1.29, 1.82) is 0 Å². The van der Waals surface area contributed by atoms with Crippen molar-refractivity contribution in [1.82, 2.24) is 5.32 Å². The molecule has 158 valence electrons. The largest absolute Gasteiger partial charge is 0.493 e. The Balaban J connectivity index is 1.59. The molecular weight excluding hydrogens is 384 g/mol. The molecule has 0 spiro atoms. The lowest BCUT2D eigenvalue weighted by atomic mass is 10.1. The first kappa shape index (κ1) is 21.2. The maximum absolute atomic E-state index is 12.2. The van der Waals surface area contributed by atoms with Crippen LogP contribution in [0.15, 0.2) is 42.5 Å². The Labute approximate surface area is 176 Å². The molecule has 0 bridgehead atoms. The van der Waals surface area contributed by atoms with Crippen LogP contribution >= 0.6 is 0 Å². The zero-order chi connectivity index (χ0) is 21.5. The molecule has 2 aromatic rings. The minimum atomic E-state index is -0.220. The van der Waals surface area contributed by atoms with E-state index < -0.39 is 0 Å². The molecule has 1 saturated heterocycles. The lowest BCUT2D eigenvalue weighted by Crippen LogP contribution is -2.23. The van der Waals surface area contributed by atoms with E-state index in [9.17, 15) is 9.59 Å². The van der Waals surface area contributed by atoms with Gasteiger partial charge in [0.2, 0.25) is 17.6 Å². The third kappa shape index (κ3) is 4.92. The number of nitrogens with zero attached hydrogens (tertiary/aromatic N) is 1. The number of hydrogen-bond acceptors (Lipinski definition) is 5. The SMILES string of the molecule is COc1cc(/C=C/C(=O)NCc2ccc(N3CCCC3=O)cc2)cc(OC)c1OC. The maximum Gasteiger partial charge on any atom is 0.244 e. The monoisotopic (exact) mass is 410 g/mol. The second-order valence-electron chi connectivity index (χ2n) is 6.83. The highest BCUT2D eigenvalue weighted by molar-refractivity contribution is 5.95. The fraction of sp³-hybridized carbons (Fsp3) is 0.304. The highest BCUT2D eigenvalue weighted by atomic mass is 16.5. The molecule has 0 aromatic heterocycles. The molecule has 1 heterocycles. The summed E-state index contributed by atoms with van der Waals surface area (Å²) in [4.78, 5) is 25.8. The smallest absolute Gasteiger partial charge is 0.244 e. The minimum Gasteiger partial charge on any atom is -0.493 e. The Kier molecular flexibility index (Phi) is 6.95. The number of amides is 2. The third-order valence-electron chi connectivity index (χ3n) is 4.90. The van der Waals surface area contributed by atoms with Crippen molar-refractivity contribution in [3.05, 3.63) is 53.6 Å². The Morgan fingerprint density at radius 2 is 1.73 bits per heavy atom. The van der Waals surface area contributed by atoms with Gasteiger partial charge in [0, 0.05) is 31.3 Å². The summed E-state index contributed by atoms with van der Waals surface area (Å²) in [5, 5.41) is 2.85. The standard InChI is InChI=1S/C23H26N2O5/c1-28-19-13-17(14-20(29-2)23(19)30-3)8-11-21(26)24-15-16-6-9-18(10-7-16)25-12-4-5-22(25)27/h6-11,13-14H,4-5,12,15H2,1-3H3,(H,24,26)/b11-8+. The van der Waals surface area contributed by atoms with E-state index in [0.717, 1.165) is 29.8 Å². The minimum absolute atomic E-state index is 0.160. The predicted octanol–water partition coefficient (Wildman–Crippen LogP) is 3.17. The highest BCUT2D eigenvalue weighted by Crippen LogP contribution is 2.38. The van der Waals surface area contributed by atoms with Gasteiger partial charge in [-0.25, -0.2) is 0 Å². The van der Waals surface area contributed by atoms with Gasteiger partial charge in [0.25, 0.3) is 0 Å². The molecular formula is C23H26N2O5. The number of methoxy groups -OCH3 is 3. The Morgan fingerprint density at radius 1 is 1.07 bits per heavy atom. The topological polar surface area (TPSA) is 77.1 Å². The first-order valence-electron chi connectivity index (χ1n) is 9.71. The molecule has 0 unspecified atom stereocenters. The van der Waals surface area contributed by atoms with Crippen molar-refractivity contribution in [3.63, 3.8) is 0 Å². The van der Waals surface area contributed by atoms with Crippen LogP contribution in [0.5, 0.6) is 17.2 Å². The number of anilines is 1. The summed E-state index contributed by atoms with van der Waals surface area (Å²) in [5.41, 5.74) is 2.61. The van der Waals surface area contributed by atoms with Crippen LogP contribution in [0.4, 0.5) is 5.69 Å². The highest BCUT2D eigenvalue weighted by Gasteiger charge is 2.21. The van der Waals surface area contributed by atoms with Gasteiger partial charge in [-0.1, -0.05) is 12.1 Å². The quantitative estimate of drug-likeness (QED) is 0.677. The predicted molar refractivity (Wildman–Crippen MR) is 115 cm³/mol. The van der Waals surface area contributed by atoms with Gasteiger partial charge in [0.15, 0.2) is 11.5 Å². The molecule has 1 fully saturated rings.